The second-order valence-corrected chi connectivity index (χ2v) is 8.01. The Morgan fingerprint density at radius 1 is 1.04 bits per heavy atom. The summed E-state index contributed by atoms with van der Waals surface area (Å²) in [6.07, 6.45) is 0.632. The van der Waals surface area contributed by atoms with Gasteiger partial charge < -0.3 is 14.8 Å². The van der Waals surface area contributed by atoms with E-state index in [1.54, 1.807) is 32.4 Å². The van der Waals surface area contributed by atoms with Crippen LogP contribution in [-0.4, -0.2) is 41.6 Å². The Morgan fingerprint density at radius 3 is 2.43 bits per heavy atom. The third-order valence-electron chi connectivity index (χ3n) is 3.95. The van der Waals surface area contributed by atoms with Crippen molar-refractivity contribution in [3.63, 3.8) is 0 Å². The lowest BCUT2D eigenvalue weighted by atomic mass is 10.1. The number of sulfonamides is 1. The third-order valence-corrected chi connectivity index (χ3v) is 5.91. The van der Waals surface area contributed by atoms with Gasteiger partial charge in [0.1, 0.15) is 4.90 Å². The van der Waals surface area contributed by atoms with E-state index >= 15 is 0 Å². The van der Waals surface area contributed by atoms with Gasteiger partial charge in [0, 0.05) is 19.5 Å². The summed E-state index contributed by atoms with van der Waals surface area (Å²) in [5, 5.41) is 2.90. The lowest BCUT2D eigenvalue weighted by Gasteiger charge is -2.10. The summed E-state index contributed by atoms with van der Waals surface area (Å²) in [6.45, 7) is 0.404. The van der Waals surface area contributed by atoms with Crippen molar-refractivity contribution in [1.29, 1.82) is 0 Å². The highest BCUT2D eigenvalue weighted by molar-refractivity contribution is 7.89. The minimum absolute atomic E-state index is 0.00877. The fourth-order valence-corrected chi connectivity index (χ4v) is 4.06. The first-order valence-corrected chi connectivity index (χ1v) is 10.5. The summed E-state index contributed by atoms with van der Waals surface area (Å²) in [5.74, 6) is 1.02. The van der Waals surface area contributed by atoms with Crippen LogP contribution >= 0.6 is 11.6 Å². The lowest BCUT2D eigenvalue weighted by molar-refractivity contribution is -0.120. The van der Waals surface area contributed by atoms with E-state index in [1.165, 1.54) is 12.1 Å². The van der Waals surface area contributed by atoms with Crippen LogP contribution < -0.4 is 19.5 Å². The van der Waals surface area contributed by atoms with Crippen molar-refractivity contribution < 1.29 is 22.7 Å². The molecule has 152 valence electrons. The number of carbonyl (C=O) groups is 1. The first-order valence-electron chi connectivity index (χ1n) is 8.59. The van der Waals surface area contributed by atoms with Crippen molar-refractivity contribution in [3.05, 3.63) is 53.1 Å². The smallest absolute Gasteiger partial charge is 0.242 e. The molecule has 0 saturated heterocycles. The number of carbonyl (C=O) groups excluding carboxylic acids is 1. The Morgan fingerprint density at radius 2 is 1.75 bits per heavy atom. The van der Waals surface area contributed by atoms with Gasteiger partial charge in [-0.05, 0) is 36.2 Å². The quantitative estimate of drug-likeness (QED) is 0.608. The second-order valence-electron chi connectivity index (χ2n) is 5.87. The molecule has 2 rings (SSSR count). The number of methoxy groups -OCH3 is 2. The number of nitrogens with one attached hydrogen (secondary N) is 2. The van der Waals surface area contributed by atoms with Crippen LogP contribution in [-0.2, 0) is 21.2 Å². The first kappa shape index (κ1) is 22.0. The van der Waals surface area contributed by atoms with Gasteiger partial charge in [0.25, 0.3) is 0 Å². The molecule has 0 aliphatic carbocycles. The van der Waals surface area contributed by atoms with E-state index in [-0.39, 0.29) is 28.8 Å². The Bertz CT molecular complexity index is 918. The van der Waals surface area contributed by atoms with E-state index < -0.39 is 10.0 Å². The van der Waals surface area contributed by atoms with Crippen LogP contribution in [0.1, 0.15) is 12.0 Å². The maximum absolute atomic E-state index is 12.2. The molecule has 0 radical (unpaired) electrons. The minimum atomic E-state index is -3.75. The molecule has 2 aromatic rings. The summed E-state index contributed by atoms with van der Waals surface area (Å²) < 4.78 is 37.2. The molecule has 9 heteroatoms. The zero-order chi connectivity index (χ0) is 20.6. The predicted octanol–water partition coefficient (Wildman–Crippen LogP) is 2.38. The number of halogens is 1. The van der Waals surface area contributed by atoms with Crippen molar-refractivity contribution in [2.45, 2.75) is 17.7 Å². The molecular formula is C19H23ClN2O5S. The number of benzene rings is 2. The van der Waals surface area contributed by atoms with Gasteiger partial charge in [0.15, 0.2) is 11.5 Å². The van der Waals surface area contributed by atoms with E-state index in [0.29, 0.717) is 24.5 Å². The second kappa shape index (κ2) is 10.3. The average Bonchev–Trinajstić information content (AvgIpc) is 2.67. The predicted molar refractivity (Wildman–Crippen MR) is 108 cm³/mol. The molecule has 0 fully saturated rings. The zero-order valence-electron chi connectivity index (χ0n) is 15.7. The number of hydrogen-bond acceptors (Lipinski definition) is 5. The summed E-state index contributed by atoms with van der Waals surface area (Å²) in [7, 11) is -0.622. The summed E-state index contributed by atoms with van der Waals surface area (Å²) in [5.41, 5.74) is 0.984. The maximum Gasteiger partial charge on any atom is 0.242 e. The van der Waals surface area contributed by atoms with Crippen LogP contribution in [0.3, 0.4) is 0 Å². The summed E-state index contributed by atoms with van der Waals surface area (Å²) in [6, 6.07) is 11.7. The highest BCUT2D eigenvalue weighted by Crippen LogP contribution is 2.27. The van der Waals surface area contributed by atoms with Crippen molar-refractivity contribution in [1.82, 2.24) is 10.0 Å². The highest BCUT2D eigenvalue weighted by atomic mass is 35.5. The standard InChI is InChI=1S/C19H23ClN2O5S/c1-26-16-8-7-14(13-17(16)27-2)9-11-21-19(23)10-12-22-28(24,25)18-6-4-3-5-15(18)20/h3-8,13,22H,9-12H2,1-2H3,(H,21,23). The molecule has 0 aliphatic heterocycles. The molecule has 0 bridgehead atoms. The fourth-order valence-electron chi connectivity index (χ4n) is 2.51. The molecule has 7 nitrogen and oxygen atoms in total. The van der Waals surface area contributed by atoms with Crippen molar-refractivity contribution in [3.8, 4) is 11.5 Å². The van der Waals surface area contributed by atoms with Gasteiger partial charge in [-0.15, -0.1) is 0 Å². The molecule has 0 unspecified atom stereocenters. The van der Waals surface area contributed by atoms with E-state index in [2.05, 4.69) is 10.0 Å². The van der Waals surface area contributed by atoms with Gasteiger partial charge in [-0.25, -0.2) is 13.1 Å². The van der Waals surface area contributed by atoms with Crippen LogP contribution in [0.2, 0.25) is 5.02 Å². The molecule has 0 spiro atoms. The van der Waals surface area contributed by atoms with Crippen LogP contribution in [0.4, 0.5) is 0 Å². The monoisotopic (exact) mass is 426 g/mol. The van der Waals surface area contributed by atoms with Crippen molar-refractivity contribution >= 4 is 27.5 Å². The zero-order valence-corrected chi connectivity index (χ0v) is 17.3. The largest absolute Gasteiger partial charge is 0.493 e. The fraction of sp³-hybridized carbons (Fsp3) is 0.316. The molecular weight excluding hydrogens is 404 g/mol. The van der Waals surface area contributed by atoms with Crippen LogP contribution in [0, 0.1) is 0 Å². The Kier molecular flexibility index (Phi) is 8.10. The lowest BCUT2D eigenvalue weighted by Crippen LogP contribution is -2.31. The first-order chi connectivity index (χ1) is 13.4. The van der Waals surface area contributed by atoms with Gasteiger partial charge in [-0.3, -0.25) is 4.79 Å². The Labute approximate surface area is 170 Å². The minimum Gasteiger partial charge on any atom is -0.493 e. The van der Waals surface area contributed by atoms with Crippen molar-refractivity contribution in [2.24, 2.45) is 0 Å². The van der Waals surface area contributed by atoms with Gasteiger partial charge in [0.05, 0.1) is 19.2 Å². The molecule has 0 aromatic heterocycles. The molecule has 28 heavy (non-hydrogen) atoms. The van der Waals surface area contributed by atoms with E-state index in [9.17, 15) is 13.2 Å². The number of ether oxygens (including phenoxy) is 2. The van der Waals surface area contributed by atoms with Crippen LogP contribution in [0.5, 0.6) is 11.5 Å². The van der Waals surface area contributed by atoms with Crippen LogP contribution in [0.15, 0.2) is 47.4 Å². The Hall–Kier alpha value is -2.29. The van der Waals surface area contributed by atoms with Crippen LogP contribution in [0.25, 0.3) is 0 Å². The third kappa shape index (κ3) is 6.12. The molecule has 2 N–H and O–H groups in total. The van der Waals surface area contributed by atoms with Gasteiger partial charge in [-0.1, -0.05) is 29.8 Å². The van der Waals surface area contributed by atoms with Gasteiger partial charge >= 0.3 is 0 Å². The number of hydrogen-bond donors (Lipinski definition) is 2. The normalized spacial score (nSPS) is 11.1. The topological polar surface area (TPSA) is 93.7 Å². The molecule has 0 aliphatic rings. The van der Waals surface area contributed by atoms with Crippen molar-refractivity contribution in [2.75, 3.05) is 27.3 Å². The SMILES string of the molecule is COc1ccc(CCNC(=O)CCNS(=O)(=O)c2ccccc2Cl)cc1OC. The maximum atomic E-state index is 12.2. The molecule has 0 saturated carbocycles. The molecule has 2 aromatic carbocycles. The molecule has 0 atom stereocenters. The number of amides is 1. The number of rotatable bonds is 10. The molecule has 0 heterocycles. The van der Waals surface area contributed by atoms with E-state index in [0.717, 1.165) is 5.56 Å². The molecule has 1 amide bonds. The highest BCUT2D eigenvalue weighted by Gasteiger charge is 2.17. The Balaban J connectivity index is 1.77. The average molecular weight is 427 g/mol. The van der Waals surface area contributed by atoms with Gasteiger partial charge in [0.2, 0.25) is 15.9 Å². The van der Waals surface area contributed by atoms with E-state index in [4.69, 9.17) is 21.1 Å². The van der Waals surface area contributed by atoms with Gasteiger partial charge in [-0.2, -0.15) is 0 Å². The summed E-state index contributed by atoms with van der Waals surface area (Å²) in [4.78, 5) is 11.9. The summed E-state index contributed by atoms with van der Waals surface area (Å²) >= 11 is 5.90. The van der Waals surface area contributed by atoms with E-state index in [1.807, 2.05) is 12.1 Å².